The van der Waals surface area contributed by atoms with E-state index in [1.54, 1.807) is 19.3 Å². The minimum absolute atomic E-state index is 0.115. The van der Waals surface area contributed by atoms with Gasteiger partial charge in [0.15, 0.2) is 5.13 Å². The van der Waals surface area contributed by atoms with Gasteiger partial charge in [0, 0.05) is 42.1 Å². The topological polar surface area (TPSA) is 88.4 Å². The molecule has 7 nitrogen and oxygen atoms in total. The third kappa shape index (κ3) is 9.41. The highest BCUT2D eigenvalue weighted by atomic mass is 32.1. The van der Waals surface area contributed by atoms with Gasteiger partial charge in [0.05, 0.1) is 17.8 Å². The van der Waals surface area contributed by atoms with Crippen LogP contribution in [-0.4, -0.2) is 41.2 Å². The van der Waals surface area contributed by atoms with Crippen molar-refractivity contribution in [2.24, 2.45) is 10.9 Å². The normalized spacial score (nSPS) is 11.9. The zero-order chi connectivity index (χ0) is 28.3. The van der Waals surface area contributed by atoms with Gasteiger partial charge in [-0.05, 0) is 56.9 Å². The fourth-order valence-electron chi connectivity index (χ4n) is 3.15. The molecule has 3 aromatic rings. The highest BCUT2D eigenvalue weighted by Gasteiger charge is 2.16. The van der Waals surface area contributed by atoms with Crippen LogP contribution in [0.2, 0.25) is 0 Å². The fourth-order valence-corrected chi connectivity index (χ4v) is 3.89. The number of allylic oxidation sites excluding steroid dienone is 2. The fraction of sp³-hybridized carbons (Fsp3) is 0.400. The van der Waals surface area contributed by atoms with Crippen molar-refractivity contribution in [2.45, 2.75) is 60.4 Å². The molecule has 1 aromatic carbocycles. The van der Waals surface area contributed by atoms with E-state index in [1.165, 1.54) is 17.8 Å². The first-order valence-electron chi connectivity index (χ1n) is 12.9. The van der Waals surface area contributed by atoms with Crippen LogP contribution in [0.25, 0.3) is 16.8 Å². The second-order valence-electron chi connectivity index (χ2n) is 10.3. The summed E-state index contributed by atoms with van der Waals surface area (Å²) in [6.45, 7) is 14.6. The average Bonchev–Trinajstić information content (AvgIpc) is 3.57. The number of hydrogen-bond donors (Lipinski definition) is 2. The van der Waals surface area contributed by atoms with E-state index in [0.717, 1.165) is 28.3 Å². The number of carbonyl (C=O) groups excluding carboxylic acids is 2. The number of thiazole rings is 1. The Morgan fingerprint density at radius 1 is 1.18 bits per heavy atom. The molecule has 0 fully saturated rings. The summed E-state index contributed by atoms with van der Waals surface area (Å²) >= 11 is 1.34. The van der Waals surface area contributed by atoms with E-state index in [1.807, 2.05) is 59.6 Å². The van der Waals surface area contributed by atoms with Crippen molar-refractivity contribution in [3.8, 4) is 11.3 Å². The number of hydrogen-bond acceptors (Lipinski definition) is 5. The first-order chi connectivity index (χ1) is 18.0. The van der Waals surface area contributed by atoms with E-state index in [9.17, 15) is 9.59 Å². The maximum atomic E-state index is 12.4. The summed E-state index contributed by atoms with van der Waals surface area (Å²) in [5, 5.41) is 7.78. The number of anilines is 1. The van der Waals surface area contributed by atoms with E-state index in [4.69, 9.17) is 0 Å². The van der Waals surface area contributed by atoms with Gasteiger partial charge in [0.2, 0.25) is 5.91 Å². The summed E-state index contributed by atoms with van der Waals surface area (Å²) in [4.78, 5) is 33.3. The van der Waals surface area contributed by atoms with Crippen LogP contribution in [0.1, 0.15) is 70.8 Å². The smallest absolute Gasteiger partial charge is 0.253 e. The summed E-state index contributed by atoms with van der Waals surface area (Å²) < 4.78 is 1.96. The Bertz CT molecular complexity index is 1260. The van der Waals surface area contributed by atoms with Gasteiger partial charge in [0.25, 0.3) is 5.91 Å². The van der Waals surface area contributed by atoms with Crippen LogP contribution in [-0.2, 0) is 10.3 Å². The number of carbonyl (C=O) groups is 2. The monoisotopic (exact) mass is 535 g/mol. The van der Waals surface area contributed by atoms with Crippen molar-refractivity contribution in [3.63, 3.8) is 0 Å². The van der Waals surface area contributed by atoms with Gasteiger partial charge < -0.3 is 15.2 Å². The van der Waals surface area contributed by atoms with Crippen molar-refractivity contribution in [1.82, 2.24) is 14.9 Å². The van der Waals surface area contributed by atoms with Crippen molar-refractivity contribution in [2.75, 3.05) is 18.9 Å². The van der Waals surface area contributed by atoms with E-state index >= 15 is 0 Å². The molecule has 0 radical (unpaired) electrons. The third-order valence-corrected chi connectivity index (χ3v) is 6.53. The van der Waals surface area contributed by atoms with Crippen molar-refractivity contribution >= 4 is 40.1 Å². The van der Waals surface area contributed by atoms with Crippen LogP contribution in [0.3, 0.4) is 0 Å². The number of aliphatic imine (C=N–C) groups is 1. The lowest BCUT2D eigenvalue weighted by molar-refractivity contribution is -0.115. The lowest BCUT2D eigenvalue weighted by Crippen LogP contribution is -2.32. The molecule has 38 heavy (non-hydrogen) atoms. The number of rotatable bonds is 8. The van der Waals surface area contributed by atoms with Gasteiger partial charge in [-0.2, -0.15) is 0 Å². The molecule has 2 amide bonds. The average molecular weight is 536 g/mol. The second kappa shape index (κ2) is 14.4. The minimum Gasteiger partial charge on any atom is -0.348 e. The number of amides is 2. The van der Waals surface area contributed by atoms with Gasteiger partial charge in [-0.15, -0.1) is 11.3 Å². The Morgan fingerprint density at radius 3 is 2.47 bits per heavy atom. The zero-order valence-electron chi connectivity index (χ0n) is 23.8. The van der Waals surface area contributed by atoms with Gasteiger partial charge in [-0.25, -0.2) is 4.98 Å². The largest absolute Gasteiger partial charge is 0.348 e. The SMILES string of the molecule is C/C=C(\C=NC)c1cccc(-c2csc(NC(=O)CNC(=O)c3ccn(C(C)(C)C)c3)n2)c1.CCC(C)C. The lowest BCUT2D eigenvalue weighted by atomic mass is 10.0. The van der Waals surface area contributed by atoms with E-state index in [2.05, 4.69) is 62.2 Å². The predicted molar refractivity (Wildman–Crippen MR) is 161 cm³/mol. The van der Waals surface area contributed by atoms with Crippen LogP contribution < -0.4 is 10.6 Å². The molecule has 204 valence electrons. The Kier molecular flexibility index (Phi) is 11.7. The highest BCUT2D eigenvalue weighted by molar-refractivity contribution is 7.14. The van der Waals surface area contributed by atoms with Crippen molar-refractivity contribution in [1.29, 1.82) is 0 Å². The molecule has 2 aromatic heterocycles. The van der Waals surface area contributed by atoms with E-state index < -0.39 is 0 Å². The third-order valence-electron chi connectivity index (χ3n) is 5.78. The molecule has 2 N–H and O–H groups in total. The first kappa shape index (κ1) is 30.7. The van der Waals surface area contributed by atoms with Crippen LogP contribution >= 0.6 is 11.3 Å². The molecule has 0 saturated heterocycles. The summed E-state index contributed by atoms with van der Waals surface area (Å²) in [6, 6.07) is 9.75. The first-order valence-corrected chi connectivity index (χ1v) is 13.8. The van der Waals surface area contributed by atoms with Gasteiger partial charge in [-0.1, -0.05) is 51.5 Å². The minimum atomic E-state index is -0.330. The summed E-state index contributed by atoms with van der Waals surface area (Å²) in [5.41, 5.74) is 4.19. The Balaban J connectivity index is 0.000000926. The summed E-state index contributed by atoms with van der Waals surface area (Å²) in [7, 11) is 1.74. The molecule has 0 atom stereocenters. The molecule has 0 saturated carbocycles. The van der Waals surface area contributed by atoms with Crippen molar-refractivity contribution in [3.05, 3.63) is 65.3 Å². The molecule has 0 unspecified atom stereocenters. The maximum Gasteiger partial charge on any atom is 0.253 e. The standard InChI is InChI=1S/C25H29N5O2S.C5H12/c1-6-17(13-26-5)18-8-7-9-19(12-18)21-16-33-24(28-21)29-22(31)14-27-23(32)20-10-11-30(15-20)25(2,3)4;1-4-5(2)3/h6-13,15-16H,14H2,1-5H3,(H,27,32)(H,28,29,31);5H,4H2,1-3H3/b17-6+,26-13?;. The van der Waals surface area contributed by atoms with Gasteiger partial charge in [-0.3, -0.25) is 14.6 Å². The Labute approximate surface area is 231 Å². The predicted octanol–water partition coefficient (Wildman–Crippen LogP) is 6.89. The number of aromatic nitrogens is 2. The molecular weight excluding hydrogens is 494 g/mol. The molecule has 0 aliphatic heterocycles. The zero-order valence-corrected chi connectivity index (χ0v) is 24.6. The lowest BCUT2D eigenvalue weighted by Gasteiger charge is -2.20. The molecule has 3 rings (SSSR count). The second-order valence-corrected chi connectivity index (χ2v) is 11.1. The highest BCUT2D eigenvalue weighted by Crippen LogP contribution is 2.27. The van der Waals surface area contributed by atoms with Crippen molar-refractivity contribution < 1.29 is 9.59 Å². The number of nitrogens with zero attached hydrogens (tertiary/aromatic N) is 3. The molecule has 0 spiro atoms. The molecule has 8 heteroatoms. The van der Waals surface area contributed by atoms with Crippen LogP contribution in [0.5, 0.6) is 0 Å². The van der Waals surface area contributed by atoms with Gasteiger partial charge in [0.1, 0.15) is 0 Å². The molecular formula is C30H41N5O2S. The molecule has 0 bridgehead atoms. The van der Waals surface area contributed by atoms with Gasteiger partial charge >= 0.3 is 0 Å². The summed E-state index contributed by atoms with van der Waals surface area (Å²) in [5.74, 6) is 0.263. The van der Waals surface area contributed by atoms with Crippen LogP contribution in [0.15, 0.2) is 59.2 Å². The molecule has 2 heterocycles. The Hall–Kier alpha value is -3.52. The number of benzene rings is 1. The molecule has 0 aliphatic rings. The molecule has 0 aliphatic carbocycles. The quantitative estimate of drug-likeness (QED) is 0.308. The van der Waals surface area contributed by atoms with E-state index in [-0.39, 0.29) is 23.9 Å². The maximum absolute atomic E-state index is 12.4. The number of nitrogens with one attached hydrogen (secondary N) is 2. The van der Waals surface area contributed by atoms with E-state index in [0.29, 0.717) is 10.7 Å². The van der Waals surface area contributed by atoms with Crippen LogP contribution in [0.4, 0.5) is 5.13 Å². The van der Waals surface area contributed by atoms with Crippen LogP contribution in [0, 0.1) is 5.92 Å². The Morgan fingerprint density at radius 2 is 1.89 bits per heavy atom. The summed E-state index contributed by atoms with van der Waals surface area (Å²) in [6.07, 6.45) is 8.76.